The van der Waals surface area contributed by atoms with E-state index in [-0.39, 0.29) is 5.58 Å². The Morgan fingerprint density at radius 1 is 0.960 bits per heavy atom. The van der Waals surface area contributed by atoms with Crippen LogP contribution in [0.3, 0.4) is 0 Å². The molecule has 0 aliphatic carbocycles. The lowest BCUT2D eigenvalue weighted by molar-refractivity contribution is -0.137. The fourth-order valence-electron chi connectivity index (χ4n) is 2.49. The van der Waals surface area contributed by atoms with Crippen molar-refractivity contribution < 1.29 is 17.6 Å². The van der Waals surface area contributed by atoms with Gasteiger partial charge >= 0.3 is 6.18 Å². The van der Waals surface area contributed by atoms with E-state index in [9.17, 15) is 13.2 Å². The van der Waals surface area contributed by atoms with Crippen molar-refractivity contribution in [1.82, 2.24) is 5.32 Å². The summed E-state index contributed by atoms with van der Waals surface area (Å²) in [7, 11) is 0. The number of hydrogen-bond donors (Lipinski definition) is 1. The number of furan rings is 1. The van der Waals surface area contributed by atoms with Crippen LogP contribution in [-0.4, -0.2) is 6.54 Å². The van der Waals surface area contributed by atoms with Crippen LogP contribution in [0.25, 0.3) is 11.0 Å². The Hall–Kier alpha value is -1.69. The Bertz CT molecular complexity index is 890. The minimum absolute atomic E-state index is 0.233. The van der Waals surface area contributed by atoms with Crippen LogP contribution >= 0.6 is 23.2 Å². The number of alkyl halides is 3. The first-order valence-electron chi connectivity index (χ1n) is 7.57. The first-order chi connectivity index (χ1) is 11.8. The fourth-order valence-corrected chi connectivity index (χ4v) is 2.81. The van der Waals surface area contributed by atoms with E-state index in [0.717, 1.165) is 24.1 Å². The van der Waals surface area contributed by atoms with Gasteiger partial charge < -0.3 is 9.73 Å². The highest BCUT2D eigenvalue weighted by Crippen LogP contribution is 2.32. The third kappa shape index (κ3) is 4.48. The lowest BCUT2D eigenvalue weighted by Crippen LogP contribution is -2.16. The molecule has 0 fully saturated rings. The third-order valence-electron chi connectivity index (χ3n) is 3.77. The van der Waals surface area contributed by atoms with Crippen LogP contribution in [-0.2, 0) is 19.1 Å². The van der Waals surface area contributed by atoms with Crippen LogP contribution in [0, 0.1) is 0 Å². The summed E-state index contributed by atoms with van der Waals surface area (Å²) in [5.41, 5.74) is 0.561. The second-order valence-electron chi connectivity index (χ2n) is 5.64. The minimum atomic E-state index is -4.38. The SMILES string of the molecule is FC(F)(F)c1ccc2cc(CNCCc3ccc(Cl)c(Cl)c3)oc2c1. The van der Waals surface area contributed by atoms with Crippen LogP contribution in [0.4, 0.5) is 13.2 Å². The molecule has 132 valence electrons. The highest BCUT2D eigenvalue weighted by atomic mass is 35.5. The number of halogens is 5. The molecule has 0 saturated carbocycles. The van der Waals surface area contributed by atoms with Gasteiger partial charge in [0, 0.05) is 5.39 Å². The smallest absolute Gasteiger partial charge is 0.416 e. The first kappa shape index (κ1) is 18.1. The maximum Gasteiger partial charge on any atom is 0.416 e. The van der Waals surface area contributed by atoms with Crippen LogP contribution in [0.5, 0.6) is 0 Å². The van der Waals surface area contributed by atoms with E-state index in [0.29, 0.717) is 34.3 Å². The molecule has 2 aromatic carbocycles. The van der Waals surface area contributed by atoms with Gasteiger partial charge in [0.05, 0.1) is 22.2 Å². The van der Waals surface area contributed by atoms with Gasteiger partial charge in [0.25, 0.3) is 0 Å². The Morgan fingerprint density at radius 2 is 1.76 bits per heavy atom. The van der Waals surface area contributed by atoms with Crippen molar-refractivity contribution in [1.29, 1.82) is 0 Å². The fraction of sp³-hybridized carbons (Fsp3) is 0.222. The number of nitrogens with one attached hydrogen (secondary N) is 1. The van der Waals surface area contributed by atoms with E-state index in [1.807, 2.05) is 12.1 Å². The first-order valence-corrected chi connectivity index (χ1v) is 8.33. The highest BCUT2D eigenvalue weighted by Gasteiger charge is 2.30. The zero-order chi connectivity index (χ0) is 18.0. The summed E-state index contributed by atoms with van der Waals surface area (Å²) in [6, 6.07) is 10.7. The molecule has 0 bridgehead atoms. The average molecular weight is 388 g/mol. The summed E-state index contributed by atoms with van der Waals surface area (Å²) in [6.07, 6.45) is -3.63. The molecule has 1 N–H and O–H groups in total. The topological polar surface area (TPSA) is 25.2 Å². The summed E-state index contributed by atoms with van der Waals surface area (Å²) in [5, 5.41) is 4.87. The van der Waals surface area contributed by atoms with E-state index in [4.69, 9.17) is 27.6 Å². The van der Waals surface area contributed by atoms with Gasteiger partial charge in [0.1, 0.15) is 11.3 Å². The van der Waals surface area contributed by atoms with Crippen LogP contribution in [0.1, 0.15) is 16.9 Å². The van der Waals surface area contributed by atoms with Crippen molar-refractivity contribution in [2.24, 2.45) is 0 Å². The summed E-state index contributed by atoms with van der Waals surface area (Å²) in [4.78, 5) is 0. The van der Waals surface area contributed by atoms with Gasteiger partial charge in [-0.3, -0.25) is 0 Å². The molecule has 25 heavy (non-hydrogen) atoms. The normalized spacial score (nSPS) is 12.0. The van der Waals surface area contributed by atoms with Crippen molar-refractivity contribution in [3.8, 4) is 0 Å². The van der Waals surface area contributed by atoms with Gasteiger partial charge in [0.2, 0.25) is 0 Å². The molecule has 0 aliphatic rings. The summed E-state index contributed by atoms with van der Waals surface area (Å²) < 4.78 is 43.6. The Morgan fingerprint density at radius 3 is 2.48 bits per heavy atom. The monoisotopic (exact) mass is 387 g/mol. The van der Waals surface area contributed by atoms with Crippen LogP contribution < -0.4 is 5.32 Å². The van der Waals surface area contributed by atoms with Crippen molar-refractivity contribution in [3.05, 3.63) is 69.4 Å². The quantitative estimate of drug-likeness (QED) is 0.535. The molecule has 0 unspecified atom stereocenters. The number of benzene rings is 2. The predicted molar refractivity (Wildman–Crippen MR) is 93.1 cm³/mol. The van der Waals surface area contributed by atoms with E-state index in [2.05, 4.69) is 5.32 Å². The van der Waals surface area contributed by atoms with Crippen LogP contribution in [0.2, 0.25) is 10.0 Å². The standard InChI is InChI=1S/C18H14Cl2F3NO/c19-15-4-1-11(7-16(15)20)5-6-24-10-14-8-12-2-3-13(18(21,22)23)9-17(12)25-14/h1-4,7-9,24H,5-6,10H2. The molecule has 7 heteroatoms. The van der Waals surface area contributed by atoms with E-state index >= 15 is 0 Å². The molecule has 3 rings (SSSR count). The zero-order valence-electron chi connectivity index (χ0n) is 13.0. The second-order valence-corrected chi connectivity index (χ2v) is 6.45. The molecular formula is C18H14Cl2F3NO. The Kier molecular flexibility index (Phi) is 5.27. The van der Waals surface area contributed by atoms with Crippen molar-refractivity contribution in [2.75, 3.05) is 6.54 Å². The zero-order valence-corrected chi connectivity index (χ0v) is 14.5. The predicted octanol–water partition coefficient (Wildman–Crippen LogP) is 6.09. The lowest BCUT2D eigenvalue weighted by atomic mass is 10.1. The number of rotatable bonds is 5. The van der Waals surface area contributed by atoms with Crippen molar-refractivity contribution >= 4 is 34.2 Å². The van der Waals surface area contributed by atoms with E-state index < -0.39 is 11.7 Å². The molecule has 0 spiro atoms. The minimum Gasteiger partial charge on any atom is -0.460 e. The third-order valence-corrected chi connectivity index (χ3v) is 4.51. The highest BCUT2D eigenvalue weighted by molar-refractivity contribution is 6.42. The summed E-state index contributed by atoms with van der Waals surface area (Å²) >= 11 is 11.8. The van der Waals surface area contributed by atoms with Gasteiger partial charge in [-0.2, -0.15) is 13.2 Å². The molecule has 2 nitrogen and oxygen atoms in total. The largest absolute Gasteiger partial charge is 0.460 e. The van der Waals surface area contributed by atoms with E-state index in [1.54, 1.807) is 12.1 Å². The average Bonchev–Trinajstić information content (AvgIpc) is 2.96. The molecule has 0 saturated heterocycles. The maximum atomic E-state index is 12.7. The molecule has 0 atom stereocenters. The molecule has 1 aromatic heterocycles. The van der Waals surface area contributed by atoms with Crippen molar-refractivity contribution in [2.45, 2.75) is 19.1 Å². The molecule has 0 radical (unpaired) electrons. The Labute approximate surface area is 152 Å². The molecule has 0 amide bonds. The van der Waals surface area contributed by atoms with Gasteiger partial charge in [-0.05, 0) is 48.9 Å². The summed E-state index contributed by atoms with van der Waals surface area (Å²) in [6.45, 7) is 1.10. The second kappa shape index (κ2) is 7.28. The number of fused-ring (bicyclic) bond motifs is 1. The maximum absolute atomic E-state index is 12.7. The van der Waals surface area contributed by atoms with Gasteiger partial charge in [-0.1, -0.05) is 35.3 Å². The van der Waals surface area contributed by atoms with Gasteiger partial charge in [-0.25, -0.2) is 0 Å². The van der Waals surface area contributed by atoms with Crippen molar-refractivity contribution in [3.63, 3.8) is 0 Å². The lowest BCUT2D eigenvalue weighted by Gasteiger charge is -2.05. The van der Waals surface area contributed by atoms with E-state index in [1.165, 1.54) is 6.07 Å². The van der Waals surface area contributed by atoms with Crippen LogP contribution in [0.15, 0.2) is 46.9 Å². The molecule has 0 aliphatic heterocycles. The summed E-state index contributed by atoms with van der Waals surface area (Å²) in [5.74, 6) is 0.587. The molecular weight excluding hydrogens is 374 g/mol. The Balaban J connectivity index is 1.58. The number of hydrogen-bond acceptors (Lipinski definition) is 2. The van der Waals surface area contributed by atoms with Gasteiger partial charge in [-0.15, -0.1) is 0 Å². The molecule has 3 aromatic rings. The van der Waals surface area contributed by atoms with Gasteiger partial charge in [0.15, 0.2) is 0 Å². The molecule has 1 heterocycles.